The molecule has 0 fully saturated rings. The van der Waals surface area contributed by atoms with Crippen LogP contribution in [-0.2, 0) is 16.1 Å². The average molecular weight is 416 g/mol. The molecule has 2 N–H and O–H groups in total. The fraction of sp³-hybridized carbons (Fsp3) is 0.150. The number of amides is 1. The number of ether oxygens (including phenoxy) is 1. The van der Waals surface area contributed by atoms with E-state index >= 15 is 0 Å². The van der Waals surface area contributed by atoms with Crippen LogP contribution in [0.3, 0.4) is 0 Å². The highest BCUT2D eigenvalue weighted by Crippen LogP contribution is 2.18. The van der Waals surface area contributed by atoms with Crippen molar-refractivity contribution < 1.29 is 14.3 Å². The lowest BCUT2D eigenvalue weighted by molar-refractivity contribution is -0.123. The van der Waals surface area contributed by atoms with Gasteiger partial charge in [-0.3, -0.25) is 4.79 Å². The van der Waals surface area contributed by atoms with E-state index in [1.807, 2.05) is 30.3 Å². The molecule has 28 heavy (non-hydrogen) atoms. The smallest absolute Gasteiger partial charge is 0.358 e. The number of nitrogens with zero attached hydrogens (tertiary/aromatic N) is 1. The Morgan fingerprint density at radius 1 is 1.14 bits per heavy atom. The Morgan fingerprint density at radius 3 is 2.57 bits per heavy atom. The van der Waals surface area contributed by atoms with E-state index in [0.29, 0.717) is 22.4 Å². The van der Waals surface area contributed by atoms with Crippen molar-refractivity contribution in [3.05, 3.63) is 76.3 Å². The number of esters is 1. The van der Waals surface area contributed by atoms with E-state index in [-0.39, 0.29) is 5.69 Å². The topological polar surface area (TPSA) is 80.3 Å². The standard InChI is InChI=1S/C20H18ClN3O3S/c1-13(18(25)23-16-9-7-15(21)8-10-16)27-19(26)17-12-28-20(24-17)22-11-14-5-3-2-4-6-14/h2-10,12-13H,11H2,1H3,(H,22,24)(H,23,25)/t13-/m0/s1. The molecule has 8 heteroatoms. The number of benzene rings is 2. The van der Waals surface area contributed by atoms with Gasteiger partial charge in [0, 0.05) is 22.6 Å². The molecule has 1 aromatic heterocycles. The highest BCUT2D eigenvalue weighted by Gasteiger charge is 2.21. The van der Waals surface area contributed by atoms with Crippen LogP contribution in [0.15, 0.2) is 60.0 Å². The Morgan fingerprint density at radius 2 is 1.86 bits per heavy atom. The maximum atomic E-state index is 12.2. The predicted octanol–water partition coefficient (Wildman–Crippen LogP) is 4.59. The van der Waals surface area contributed by atoms with Gasteiger partial charge < -0.3 is 15.4 Å². The van der Waals surface area contributed by atoms with E-state index in [2.05, 4.69) is 15.6 Å². The molecule has 0 aliphatic carbocycles. The number of carbonyl (C=O) groups excluding carboxylic acids is 2. The molecular weight excluding hydrogens is 398 g/mol. The first-order valence-corrected chi connectivity index (χ1v) is 9.78. The van der Waals surface area contributed by atoms with Gasteiger partial charge in [0.1, 0.15) is 0 Å². The fourth-order valence-corrected chi connectivity index (χ4v) is 3.08. The van der Waals surface area contributed by atoms with Gasteiger partial charge in [-0.05, 0) is 36.8 Å². The number of anilines is 2. The number of hydrogen-bond donors (Lipinski definition) is 2. The summed E-state index contributed by atoms with van der Waals surface area (Å²) in [6.07, 6.45) is -0.967. The van der Waals surface area contributed by atoms with Gasteiger partial charge in [-0.15, -0.1) is 11.3 Å². The second kappa shape index (κ2) is 9.34. The highest BCUT2D eigenvalue weighted by atomic mass is 35.5. The maximum Gasteiger partial charge on any atom is 0.358 e. The van der Waals surface area contributed by atoms with Gasteiger partial charge in [-0.25, -0.2) is 9.78 Å². The van der Waals surface area contributed by atoms with Crippen LogP contribution in [0.25, 0.3) is 0 Å². The normalized spacial score (nSPS) is 11.5. The van der Waals surface area contributed by atoms with Gasteiger partial charge in [-0.2, -0.15) is 0 Å². The Bertz CT molecular complexity index is 945. The van der Waals surface area contributed by atoms with E-state index in [9.17, 15) is 9.59 Å². The maximum absolute atomic E-state index is 12.2. The molecule has 0 saturated carbocycles. The first-order valence-electron chi connectivity index (χ1n) is 8.52. The van der Waals surface area contributed by atoms with Gasteiger partial charge in [0.15, 0.2) is 16.9 Å². The summed E-state index contributed by atoms with van der Waals surface area (Å²) in [5.74, 6) is -1.09. The third kappa shape index (κ3) is 5.55. The van der Waals surface area contributed by atoms with Crippen molar-refractivity contribution >= 4 is 45.6 Å². The van der Waals surface area contributed by atoms with Crippen LogP contribution < -0.4 is 10.6 Å². The summed E-state index contributed by atoms with van der Waals surface area (Å²) in [6.45, 7) is 2.10. The van der Waals surface area contributed by atoms with Gasteiger partial charge in [0.2, 0.25) is 0 Å². The summed E-state index contributed by atoms with van der Waals surface area (Å²) in [5, 5.41) is 8.59. The van der Waals surface area contributed by atoms with Crippen molar-refractivity contribution in [3.8, 4) is 0 Å². The summed E-state index contributed by atoms with van der Waals surface area (Å²) < 4.78 is 5.21. The van der Waals surface area contributed by atoms with Crippen LogP contribution in [0, 0.1) is 0 Å². The number of thiazole rings is 1. The lowest BCUT2D eigenvalue weighted by atomic mass is 10.2. The Hall–Kier alpha value is -2.90. The number of halogens is 1. The summed E-state index contributed by atoms with van der Waals surface area (Å²) in [4.78, 5) is 28.6. The number of rotatable bonds is 7. The van der Waals surface area contributed by atoms with Crippen molar-refractivity contribution in [2.45, 2.75) is 19.6 Å². The van der Waals surface area contributed by atoms with E-state index in [0.717, 1.165) is 5.56 Å². The fourth-order valence-electron chi connectivity index (χ4n) is 2.27. The van der Waals surface area contributed by atoms with Crippen LogP contribution in [0.4, 0.5) is 10.8 Å². The van der Waals surface area contributed by atoms with E-state index < -0.39 is 18.0 Å². The van der Waals surface area contributed by atoms with Gasteiger partial charge in [0.05, 0.1) is 0 Å². The molecule has 0 aliphatic rings. The molecular formula is C20H18ClN3O3S. The predicted molar refractivity (Wildman–Crippen MR) is 111 cm³/mol. The molecule has 1 amide bonds. The summed E-state index contributed by atoms with van der Waals surface area (Å²) >= 11 is 7.11. The lowest BCUT2D eigenvalue weighted by Gasteiger charge is -2.12. The van der Waals surface area contributed by atoms with Gasteiger partial charge >= 0.3 is 5.97 Å². The molecule has 0 spiro atoms. The van der Waals surface area contributed by atoms with Crippen LogP contribution >= 0.6 is 22.9 Å². The number of nitrogens with one attached hydrogen (secondary N) is 2. The first kappa shape index (κ1) is 19.9. The molecule has 0 unspecified atom stereocenters. The zero-order valence-corrected chi connectivity index (χ0v) is 16.6. The van der Waals surface area contributed by atoms with Crippen molar-refractivity contribution in [3.63, 3.8) is 0 Å². The van der Waals surface area contributed by atoms with Crippen molar-refractivity contribution in [1.82, 2.24) is 4.98 Å². The molecule has 3 aromatic rings. The van der Waals surface area contributed by atoms with Crippen LogP contribution in [-0.4, -0.2) is 23.0 Å². The molecule has 0 aliphatic heterocycles. The molecule has 3 rings (SSSR count). The quantitative estimate of drug-likeness (QED) is 0.551. The first-order chi connectivity index (χ1) is 13.5. The van der Waals surface area contributed by atoms with Crippen LogP contribution in [0.5, 0.6) is 0 Å². The lowest BCUT2D eigenvalue weighted by Crippen LogP contribution is -2.30. The minimum absolute atomic E-state index is 0.159. The third-order valence-corrected chi connectivity index (χ3v) is 4.82. The second-order valence-electron chi connectivity index (χ2n) is 5.92. The number of carbonyl (C=O) groups is 2. The molecule has 0 bridgehead atoms. The number of hydrogen-bond acceptors (Lipinski definition) is 6. The van der Waals surface area contributed by atoms with Crippen molar-refractivity contribution in [1.29, 1.82) is 0 Å². The third-order valence-electron chi connectivity index (χ3n) is 3.76. The van der Waals surface area contributed by atoms with E-state index in [4.69, 9.17) is 16.3 Å². The zero-order chi connectivity index (χ0) is 19.9. The molecule has 0 radical (unpaired) electrons. The Balaban J connectivity index is 1.51. The molecule has 6 nitrogen and oxygen atoms in total. The summed E-state index contributed by atoms with van der Waals surface area (Å²) in [6, 6.07) is 16.5. The van der Waals surface area contributed by atoms with Crippen molar-refractivity contribution in [2.75, 3.05) is 10.6 Å². The Kier molecular flexibility index (Phi) is 6.62. The van der Waals surface area contributed by atoms with E-state index in [1.165, 1.54) is 18.3 Å². The largest absolute Gasteiger partial charge is 0.448 e. The zero-order valence-electron chi connectivity index (χ0n) is 15.0. The summed E-state index contributed by atoms with van der Waals surface area (Å²) in [7, 11) is 0. The number of aromatic nitrogens is 1. The van der Waals surface area contributed by atoms with Crippen molar-refractivity contribution in [2.24, 2.45) is 0 Å². The monoisotopic (exact) mass is 415 g/mol. The molecule has 1 atom stereocenters. The molecule has 144 valence electrons. The SMILES string of the molecule is C[C@H](OC(=O)c1csc(NCc2ccccc2)n1)C(=O)Nc1ccc(Cl)cc1. The van der Waals surface area contributed by atoms with Gasteiger partial charge in [0.25, 0.3) is 5.91 Å². The van der Waals surface area contributed by atoms with Crippen LogP contribution in [0.1, 0.15) is 23.0 Å². The van der Waals surface area contributed by atoms with Gasteiger partial charge in [-0.1, -0.05) is 41.9 Å². The Labute approximate surface area is 171 Å². The minimum atomic E-state index is -0.967. The average Bonchev–Trinajstić information content (AvgIpc) is 3.18. The van der Waals surface area contributed by atoms with Crippen LogP contribution in [0.2, 0.25) is 5.02 Å². The highest BCUT2D eigenvalue weighted by molar-refractivity contribution is 7.13. The second-order valence-corrected chi connectivity index (χ2v) is 7.22. The summed E-state index contributed by atoms with van der Waals surface area (Å²) in [5.41, 5.74) is 1.83. The molecule has 2 aromatic carbocycles. The van der Waals surface area contributed by atoms with E-state index in [1.54, 1.807) is 29.6 Å². The molecule has 1 heterocycles. The molecule has 0 saturated heterocycles. The minimum Gasteiger partial charge on any atom is -0.448 e.